The highest BCUT2D eigenvalue weighted by Crippen LogP contribution is 2.12. The molecule has 0 unspecified atom stereocenters. The van der Waals surface area contributed by atoms with Gasteiger partial charge in [-0.25, -0.2) is 0 Å². The standard InChI is InChI=1S/C14H21NO2/c1-2-16-13-6-3-5-12(9-13)10-15-11-14-7-4-8-17-14/h3,5-6,9,14-15H,2,4,7-8,10-11H2,1H3/p+1/t14-/m0/s1. The molecule has 1 atom stereocenters. The summed E-state index contributed by atoms with van der Waals surface area (Å²) >= 11 is 0. The number of rotatable bonds is 6. The lowest BCUT2D eigenvalue weighted by atomic mass is 10.2. The van der Waals surface area contributed by atoms with E-state index in [2.05, 4.69) is 23.5 Å². The van der Waals surface area contributed by atoms with Crippen molar-refractivity contribution in [2.45, 2.75) is 32.4 Å². The van der Waals surface area contributed by atoms with Crippen molar-refractivity contribution in [3.05, 3.63) is 29.8 Å². The van der Waals surface area contributed by atoms with Crippen LogP contribution in [0.3, 0.4) is 0 Å². The molecule has 17 heavy (non-hydrogen) atoms. The summed E-state index contributed by atoms with van der Waals surface area (Å²) in [5.74, 6) is 0.968. The Hall–Kier alpha value is -1.06. The van der Waals surface area contributed by atoms with E-state index in [0.29, 0.717) is 6.10 Å². The average Bonchev–Trinajstić information content (AvgIpc) is 2.83. The zero-order valence-corrected chi connectivity index (χ0v) is 10.5. The minimum atomic E-state index is 0.463. The van der Waals surface area contributed by atoms with Crippen molar-refractivity contribution in [3.63, 3.8) is 0 Å². The highest BCUT2D eigenvalue weighted by atomic mass is 16.5. The minimum Gasteiger partial charge on any atom is -0.494 e. The van der Waals surface area contributed by atoms with E-state index in [9.17, 15) is 0 Å². The van der Waals surface area contributed by atoms with Gasteiger partial charge in [-0.3, -0.25) is 0 Å². The maximum atomic E-state index is 5.60. The minimum absolute atomic E-state index is 0.463. The summed E-state index contributed by atoms with van der Waals surface area (Å²) in [4.78, 5) is 0. The smallest absolute Gasteiger partial charge is 0.119 e. The zero-order valence-electron chi connectivity index (χ0n) is 10.5. The van der Waals surface area contributed by atoms with Crippen molar-refractivity contribution >= 4 is 0 Å². The molecule has 94 valence electrons. The van der Waals surface area contributed by atoms with Gasteiger partial charge in [-0.05, 0) is 31.9 Å². The summed E-state index contributed by atoms with van der Waals surface area (Å²) in [7, 11) is 0. The average molecular weight is 236 g/mol. The third-order valence-corrected chi connectivity index (χ3v) is 3.04. The molecule has 0 saturated carbocycles. The number of nitrogens with two attached hydrogens (primary N) is 1. The third-order valence-electron chi connectivity index (χ3n) is 3.04. The van der Waals surface area contributed by atoms with Crippen LogP contribution in [0, 0.1) is 0 Å². The highest BCUT2D eigenvalue weighted by Gasteiger charge is 2.16. The van der Waals surface area contributed by atoms with Crippen molar-refractivity contribution in [2.24, 2.45) is 0 Å². The van der Waals surface area contributed by atoms with Gasteiger partial charge in [0, 0.05) is 12.2 Å². The van der Waals surface area contributed by atoms with Crippen LogP contribution in [0.1, 0.15) is 25.3 Å². The fraction of sp³-hybridized carbons (Fsp3) is 0.571. The van der Waals surface area contributed by atoms with E-state index in [-0.39, 0.29) is 0 Å². The molecule has 1 aliphatic rings. The van der Waals surface area contributed by atoms with E-state index < -0.39 is 0 Å². The van der Waals surface area contributed by atoms with Crippen LogP contribution in [0.15, 0.2) is 24.3 Å². The van der Waals surface area contributed by atoms with Crippen molar-refractivity contribution in [2.75, 3.05) is 19.8 Å². The number of benzene rings is 1. The van der Waals surface area contributed by atoms with Gasteiger partial charge in [0.2, 0.25) is 0 Å². The summed E-state index contributed by atoms with van der Waals surface area (Å²) < 4.78 is 11.1. The first-order chi connectivity index (χ1) is 8.38. The van der Waals surface area contributed by atoms with Gasteiger partial charge in [-0.15, -0.1) is 0 Å². The first-order valence-electron chi connectivity index (χ1n) is 6.53. The maximum Gasteiger partial charge on any atom is 0.119 e. The molecule has 0 aromatic heterocycles. The molecule has 1 saturated heterocycles. The molecule has 1 aromatic carbocycles. The second-order valence-electron chi connectivity index (χ2n) is 4.44. The predicted molar refractivity (Wildman–Crippen MR) is 67.1 cm³/mol. The van der Waals surface area contributed by atoms with Crippen LogP contribution >= 0.6 is 0 Å². The first-order valence-corrected chi connectivity index (χ1v) is 6.53. The fourth-order valence-electron chi connectivity index (χ4n) is 2.20. The molecule has 0 amide bonds. The van der Waals surface area contributed by atoms with Crippen LogP contribution in [0.25, 0.3) is 0 Å². The molecule has 0 bridgehead atoms. The van der Waals surface area contributed by atoms with Gasteiger partial charge in [0.05, 0.1) is 6.61 Å². The first kappa shape index (κ1) is 12.4. The lowest BCUT2D eigenvalue weighted by Gasteiger charge is -2.09. The second-order valence-corrected chi connectivity index (χ2v) is 4.44. The Morgan fingerprint density at radius 1 is 1.47 bits per heavy atom. The molecule has 1 heterocycles. The van der Waals surface area contributed by atoms with E-state index in [1.165, 1.54) is 18.4 Å². The summed E-state index contributed by atoms with van der Waals surface area (Å²) in [5, 5.41) is 2.32. The van der Waals surface area contributed by atoms with Gasteiger partial charge >= 0.3 is 0 Å². The molecule has 1 aromatic rings. The Bertz CT molecular complexity index is 335. The Morgan fingerprint density at radius 2 is 2.41 bits per heavy atom. The fourth-order valence-corrected chi connectivity index (χ4v) is 2.20. The van der Waals surface area contributed by atoms with E-state index >= 15 is 0 Å². The van der Waals surface area contributed by atoms with Crippen LogP contribution in [-0.4, -0.2) is 25.9 Å². The summed E-state index contributed by atoms with van der Waals surface area (Å²) in [6.07, 6.45) is 2.90. The molecular weight excluding hydrogens is 214 g/mol. The summed E-state index contributed by atoms with van der Waals surface area (Å²) in [6.45, 7) is 5.75. The van der Waals surface area contributed by atoms with E-state index in [1.807, 2.05) is 13.0 Å². The molecule has 1 aliphatic heterocycles. The number of hydrogen-bond acceptors (Lipinski definition) is 2. The molecule has 0 aliphatic carbocycles. The Balaban J connectivity index is 1.75. The van der Waals surface area contributed by atoms with Crippen LogP contribution in [-0.2, 0) is 11.3 Å². The van der Waals surface area contributed by atoms with Crippen molar-refractivity contribution in [1.82, 2.24) is 0 Å². The topological polar surface area (TPSA) is 35.1 Å². The lowest BCUT2D eigenvalue weighted by Crippen LogP contribution is -2.84. The largest absolute Gasteiger partial charge is 0.494 e. The molecule has 3 heteroatoms. The number of hydrogen-bond donors (Lipinski definition) is 1. The number of quaternary nitrogens is 1. The van der Waals surface area contributed by atoms with E-state index in [0.717, 1.165) is 32.1 Å². The molecule has 2 N–H and O–H groups in total. The molecule has 3 nitrogen and oxygen atoms in total. The van der Waals surface area contributed by atoms with Crippen molar-refractivity contribution in [1.29, 1.82) is 0 Å². The maximum absolute atomic E-state index is 5.60. The normalized spacial score (nSPS) is 19.5. The van der Waals surface area contributed by atoms with Gasteiger partial charge in [0.25, 0.3) is 0 Å². The molecule has 1 fully saturated rings. The van der Waals surface area contributed by atoms with Crippen molar-refractivity contribution in [3.8, 4) is 5.75 Å². The molecule has 2 rings (SSSR count). The molecular formula is C14H22NO2+. The van der Waals surface area contributed by atoms with Gasteiger partial charge in [-0.2, -0.15) is 0 Å². The SMILES string of the molecule is CCOc1cccc(C[NH2+]C[C@@H]2CCCO2)c1. The highest BCUT2D eigenvalue weighted by molar-refractivity contribution is 5.27. The van der Waals surface area contributed by atoms with Gasteiger partial charge in [-0.1, -0.05) is 12.1 Å². The van der Waals surface area contributed by atoms with Gasteiger partial charge in [0.1, 0.15) is 24.9 Å². The zero-order chi connectivity index (χ0) is 11.9. The van der Waals surface area contributed by atoms with E-state index in [1.54, 1.807) is 0 Å². The number of ether oxygens (including phenoxy) is 2. The third kappa shape index (κ3) is 4.02. The quantitative estimate of drug-likeness (QED) is 0.808. The van der Waals surface area contributed by atoms with E-state index in [4.69, 9.17) is 9.47 Å². The van der Waals surface area contributed by atoms with Gasteiger partial charge < -0.3 is 14.8 Å². The molecule has 0 radical (unpaired) electrons. The predicted octanol–water partition coefficient (Wildman–Crippen LogP) is 1.33. The summed E-state index contributed by atoms with van der Waals surface area (Å²) in [5.41, 5.74) is 1.31. The van der Waals surface area contributed by atoms with Crippen LogP contribution in [0.4, 0.5) is 0 Å². The van der Waals surface area contributed by atoms with Crippen molar-refractivity contribution < 1.29 is 14.8 Å². The van der Waals surface area contributed by atoms with Crippen LogP contribution in [0.2, 0.25) is 0 Å². The second kappa shape index (κ2) is 6.62. The molecule has 0 spiro atoms. The van der Waals surface area contributed by atoms with Crippen LogP contribution in [0.5, 0.6) is 5.75 Å². The van der Waals surface area contributed by atoms with Crippen LogP contribution < -0.4 is 10.1 Å². The lowest BCUT2D eigenvalue weighted by molar-refractivity contribution is -0.676. The summed E-state index contributed by atoms with van der Waals surface area (Å²) in [6, 6.07) is 8.33. The Labute approximate surface area is 103 Å². The van der Waals surface area contributed by atoms with Gasteiger partial charge in [0.15, 0.2) is 0 Å². The Kier molecular flexibility index (Phi) is 4.83. The Morgan fingerprint density at radius 3 is 3.18 bits per heavy atom. The monoisotopic (exact) mass is 236 g/mol.